The first-order valence-electron chi connectivity index (χ1n) is 7.23. The smallest absolute Gasteiger partial charge is 0.323 e. The Hall–Kier alpha value is -0.610. The summed E-state index contributed by atoms with van der Waals surface area (Å²) in [7, 11) is 0. The maximum Gasteiger partial charge on any atom is 0.323 e. The maximum absolute atomic E-state index is 11.4. The molecule has 104 valence electrons. The van der Waals surface area contributed by atoms with E-state index in [1.54, 1.807) is 0 Å². The fourth-order valence-electron chi connectivity index (χ4n) is 2.79. The monoisotopic (exact) mass is 254 g/mol. The molecule has 0 aromatic carbocycles. The Kier molecular flexibility index (Phi) is 4.28. The highest BCUT2D eigenvalue weighted by Crippen LogP contribution is 2.25. The Morgan fingerprint density at radius 3 is 2.72 bits per heavy atom. The molecule has 1 heterocycles. The number of rotatable bonds is 6. The molecule has 2 aliphatic rings. The largest absolute Gasteiger partial charge is 0.480 e. The van der Waals surface area contributed by atoms with Gasteiger partial charge in [-0.15, -0.1) is 0 Å². The van der Waals surface area contributed by atoms with Crippen molar-refractivity contribution in [3.8, 4) is 0 Å². The van der Waals surface area contributed by atoms with Gasteiger partial charge in [0.15, 0.2) is 0 Å². The topological polar surface area (TPSA) is 52.6 Å². The van der Waals surface area contributed by atoms with Crippen molar-refractivity contribution >= 4 is 5.97 Å². The predicted octanol–water partition coefficient (Wildman–Crippen LogP) is 1.70. The van der Waals surface area contributed by atoms with Crippen LogP contribution in [0, 0.1) is 5.92 Å². The summed E-state index contributed by atoms with van der Waals surface area (Å²) in [5.41, 5.74) is -0.748. The van der Waals surface area contributed by atoms with Crippen molar-refractivity contribution in [3.63, 3.8) is 0 Å². The third kappa shape index (κ3) is 3.69. The molecule has 0 radical (unpaired) electrons. The Morgan fingerprint density at radius 2 is 2.17 bits per heavy atom. The van der Waals surface area contributed by atoms with Gasteiger partial charge in [-0.1, -0.05) is 6.92 Å². The van der Waals surface area contributed by atoms with Gasteiger partial charge < -0.3 is 10.0 Å². The van der Waals surface area contributed by atoms with Gasteiger partial charge in [0.05, 0.1) is 0 Å². The summed E-state index contributed by atoms with van der Waals surface area (Å²) in [6, 6.07) is 0.436. The lowest BCUT2D eigenvalue weighted by Crippen LogP contribution is -2.52. The third-order valence-electron chi connectivity index (χ3n) is 4.24. The van der Waals surface area contributed by atoms with E-state index in [0.29, 0.717) is 12.5 Å². The summed E-state index contributed by atoms with van der Waals surface area (Å²) < 4.78 is 0. The first-order chi connectivity index (χ1) is 8.49. The molecule has 1 saturated carbocycles. The minimum absolute atomic E-state index is 0.436. The van der Waals surface area contributed by atoms with E-state index in [4.69, 9.17) is 0 Å². The molecule has 2 rings (SSSR count). The molecule has 2 unspecified atom stereocenters. The highest BCUT2D eigenvalue weighted by Gasteiger charge is 2.38. The molecule has 4 nitrogen and oxygen atoms in total. The standard InChI is InChI=1S/C14H26N2O2/c1-11-4-3-8-16(10-11)9-7-14(2,13(17)18)15-12-5-6-12/h11-12,15H,3-10H2,1-2H3,(H,17,18). The van der Waals surface area contributed by atoms with Crippen molar-refractivity contribution in [2.24, 2.45) is 5.92 Å². The molecule has 0 amide bonds. The van der Waals surface area contributed by atoms with Crippen LogP contribution in [0.1, 0.15) is 46.0 Å². The average Bonchev–Trinajstić information content (AvgIpc) is 3.10. The first-order valence-corrected chi connectivity index (χ1v) is 7.23. The lowest BCUT2D eigenvalue weighted by Gasteiger charge is -2.34. The number of hydrogen-bond donors (Lipinski definition) is 2. The number of piperidine rings is 1. The summed E-state index contributed by atoms with van der Waals surface area (Å²) in [5, 5.41) is 12.7. The number of likely N-dealkylation sites (tertiary alicyclic amines) is 1. The second kappa shape index (κ2) is 5.57. The van der Waals surface area contributed by atoms with Crippen molar-refractivity contribution in [1.82, 2.24) is 10.2 Å². The molecule has 1 aliphatic heterocycles. The van der Waals surface area contributed by atoms with Crippen LogP contribution in [0.2, 0.25) is 0 Å². The predicted molar refractivity (Wildman–Crippen MR) is 71.7 cm³/mol. The highest BCUT2D eigenvalue weighted by atomic mass is 16.4. The summed E-state index contributed by atoms with van der Waals surface area (Å²) in [4.78, 5) is 13.9. The second-order valence-corrected chi connectivity index (χ2v) is 6.35. The molecule has 4 heteroatoms. The molecule has 0 aromatic rings. The zero-order chi connectivity index (χ0) is 13.2. The van der Waals surface area contributed by atoms with E-state index < -0.39 is 11.5 Å². The lowest BCUT2D eigenvalue weighted by atomic mass is 9.95. The van der Waals surface area contributed by atoms with Gasteiger partial charge in [-0.2, -0.15) is 0 Å². The molecule has 0 bridgehead atoms. The van der Waals surface area contributed by atoms with E-state index in [-0.39, 0.29) is 0 Å². The van der Waals surface area contributed by atoms with Crippen molar-refractivity contribution in [2.75, 3.05) is 19.6 Å². The molecular formula is C14H26N2O2. The number of nitrogens with zero attached hydrogens (tertiary/aromatic N) is 1. The zero-order valence-corrected chi connectivity index (χ0v) is 11.6. The van der Waals surface area contributed by atoms with Gasteiger partial charge in [0.2, 0.25) is 0 Å². The van der Waals surface area contributed by atoms with E-state index in [9.17, 15) is 9.90 Å². The Morgan fingerprint density at radius 1 is 1.44 bits per heavy atom. The fourth-order valence-corrected chi connectivity index (χ4v) is 2.79. The molecule has 1 aliphatic carbocycles. The average molecular weight is 254 g/mol. The van der Waals surface area contributed by atoms with Gasteiger partial charge in [-0.05, 0) is 51.5 Å². The van der Waals surface area contributed by atoms with Gasteiger partial charge >= 0.3 is 5.97 Å². The summed E-state index contributed by atoms with van der Waals surface area (Å²) in [6.07, 6.45) is 5.52. The number of carboxylic acids is 1. The number of carboxylic acid groups (broad SMARTS) is 1. The van der Waals surface area contributed by atoms with E-state index in [1.165, 1.54) is 12.8 Å². The summed E-state index contributed by atoms with van der Waals surface area (Å²) in [6.45, 7) is 7.27. The van der Waals surface area contributed by atoms with Crippen LogP contribution in [0.5, 0.6) is 0 Å². The number of carbonyl (C=O) groups is 1. The molecule has 2 N–H and O–H groups in total. The van der Waals surface area contributed by atoms with E-state index in [0.717, 1.165) is 38.4 Å². The van der Waals surface area contributed by atoms with Gasteiger partial charge in [0.25, 0.3) is 0 Å². The second-order valence-electron chi connectivity index (χ2n) is 6.35. The fraction of sp³-hybridized carbons (Fsp3) is 0.929. The molecule has 0 aromatic heterocycles. The van der Waals surface area contributed by atoms with Crippen molar-refractivity contribution in [2.45, 2.75) is 57.5 Å². The zero-order valence-electron chi connectivity index (χ0n) is 11.6. The van der Waals surface area contributed by atoms with Crippen LogP contribution in [0.15, 0.2) is 0 Å². The Bertz CT molecular complexity index is 304. The van der Waals surface area contributed by atoms with Crippen LogP contribution < -0.4 is 5.32 Å². The molecule has 0 spiro atoms. The van der Waals surface area contributed by atoms with Crippen molar-refractivity contribution in [3.05, 3.63) is 0 Å². The van der Waals surface area contributed by atoms with Crippen LogP contribution in [-0.2, 0) is 4.79 Å². The van der Waals surface area contributed by atoms with Gasteiger partial charge in [-0.25, -0.2) is 0 Å². The molecule has 2 fully saturated rings. The van der Waals surface area contributed by atoms with E-state index >= 15 is 0 Å². The quantitative estimate of drug-likeness (QED) is 0.757. The minimum atomic E-state index is -0.748. The van der Waals surface area contributed by atoms with Crippen LogP contribution in [0.3, 0.4) is 0 Å². The van der Waals surface area contributed by atoms with Crippen LogP contribution >= 0.6 is 0 Å². The molecule has 18 heavy (non-hydrogen) atoms. The van der Waals surface area contributed by atoms with E-state index in [2.05, 4.69) is 17.1 Å². The van der Waals surface area contributed by atoms with Gasteiger partial charge in [-0.3, -0.25) is 10.1 Å². The van der Waals surface area contributed by atoms with Gasteiger partial charge in [0.1, 0.15) is 5.54 Å². The summed E-state index contributed by atoms with van der Waals surface area (Å²) >= 11 is 0. The van der Waals surface area contributed by atoms with Gasteiger partial charge in [0, 0.05) is 19.1 Å². The van der Waals surface area contributed by atoms with E-state index in [1.807, 2.05) is 6.92 Å². The third-order valence-corrected chi connectivity index (χ3v) is 4.24. The lowest BCUT2D eigenvalue weighted by molar-refractivity contribution is -0.144. The molecule has 1 saturated heterocycles. The normalized spacial score (nSPS) is 28.9. The Balaban J connectivity index is 1.82. The first kappa shape index (κ1) is 13.8. The molecular weight excluding hydrogens is 228 g/mol. The van der Waals surface area contributed by atoms with Crippen LogP contribution in [0.4, 0.5) is 0 Å². The number of aliphatic carboxylic acids is 1. The number of nitrogens with one attached hydrogen (secondary N) is 1. The van der Waals surface area contributed by atoms with Crippen LogP contribution in [-0.4, -0.2) is 47.2 Å². The molecule has 2 atom stereocenters. The van der Waals surface area contributed by atoms with Crippen molar-refractivity contribution < 1.29 is 9.90 Å². The minimum Gasteiger partial charge on any atom is -0.480 e. The Labute approximate surface area is 110 Å². The maximum atomic E-state index is 11.4. The highest BCUT2D eigenvalue weighted by molar-refractivity contribution is 5.78. The SMILES string of the molecule is CC1CCCN(CCC(C)(NC2CC2)C(=O)O)C1. The van der Waals surface area contributed by atoms with Crippen LogP contribution in [0.25, 0.3) is 0 Å². The van der Waals surface area contributed by atoms with Crippen molar-refractivity contribution in [1.29, 1.82) is 0 Å². The number of hydrogen-bond acceptors (Lipinski definition) is 3. The summed E-state index contributed by atoms with van der Waals surface area (Å²) in [5.74, 6) is 0.0469.